The Morgan fingerprint density at radius 1 is 1.06 bits per heavy atom. The molecule has 168 valence electrons. The molecule has 0 bridgehead atoms. The number of hydrogen-bond donors (Lipinski definition) is 2. The van der Waals surface area contributed by atoms with Crippen LogP contribution in [0.5, 0.6) is 0 Å². The summed E-state index contributed by atoms with van der Waals surface area (Å²) in [5, 5.41) is 22.4. The van der Waals surface area contributed by atoms with Gasteiger partial charge in [0.2, 0.25) is 5.95 Å². The van der Waals surface area contributed by atoms with Gasteiger partial charge in [0, 0.05) is 23.5 Å². The highest BCUT2D eigenvalue weighted by atomic mass is 16.6. The maximum atomic E-state index is 13.4. The number of nitrogens with zero attached hydrogens (tertiary/aromatic N) is 5. The molecule has 0 fully saturated rings. The van der Waals surface area contributed by atoms with Crippen molar-refractivity contribution in [1.82, 2.24) is 19.7 Å². The number of hydrogen-bond acceptors (Lipinski definition) is 7. The minimum atomic E-state index is -0.883. The Bertz CT molecular complexity index is 1420. The first-order chi connectivity index (χ1) is 16.5. The third kappa shape index (κ3) is 3.77. The quantitative estimate of drug-likeness (QED) is 0.343. The van der Waals surface area contributed by atoms with E-state index in [1.54, 1.807) is 49.5 Å². The van der Waals surface area contributed by atoms with Crippen LogP contribution < -0.4 is 10.6 Å². The molecule has 10 nitrogen and oxygen atoms in total. The number of nitrogens with one attached hydrogen (secondary N) is 2. The zero-order chi connectivity index (χ0) is 23.7. The molecule has 1 aliphatic heterocycles. The van der Waals surface area contributed by atoms with Gasteiger partial charge in [-0.25, -0.2) is 9.67 Å². The first-order valence-electron chi connectivity index (χ1n) is 10.5. The number of rotatable bonds is 5. The molecule has 2 aromatic heterocycles. The highest BCUT2D eigenvalue weighted by Crippen LogP contribution is 2.40. The van der Waals surface area contributed by atoms with Crippen molar-refractivity contribution in [2.75, 3.05) is 10.6 Å². The number of benzene rings is 2. The van der Waals surface area contributed by atoms with Crippen molar-refractivity contribution in [3.05, 3.63) is 106 Å². The maximum absolute atomic E-state index is 13.4. The summed E-state index contributed by atoms with van der Waals surface area (Å²) < 4.78 is 1.52. The third-order valence-corrected chi connectivity index (χ3v) is 5.46. The molecular weight excluding hydrogens is 434 g/mol. The van der Waals surface area contributed by atoms with Gasteiger partial charge >= 0.3 is 0 Å². The number of carbonyl (C=O) groups is 1. The average Bonchev–Trinajstić information content (AvgIpc) is 3.28. The molecule has 10 heteroatoms. The fourth-order valence-electron chi connectivity index (χ4n) is 3.95. The van der Waals surface area contributed by atoms with Crippen molar-refractivity contribution in [2.24, 2.45) is 0 Å². The number of anilines is 2. The predicted octanol–water partition coefficient (Wildman–Crippen LogP) is 4.18. The summed E-state index contributed by atoms with van der Waals surface area (Å²) in [5.41, 5.74) is 1.77. The molecule has 1 amide bonds. The highest BCUT2D eigenvalue weighted by molar-refractivity contribution is 6.05. The average molecular weight is 453 g/mol. The van der Waals surface area contributed by atoms with E-state index in [-0.39, 0.29) is 11.3 Å². The highest BCUT2D eigenvalue weighted by Gasteiger charge is 2.37. The molecule has 1 unspecified atom stereocenters. The van der Waals surface area contributed by atoms with Gasteiger partial charge in [-0.05, 0) is 25.1 Å². The Balaban J connectivity index is 1.66. The summed E-state index contributed by atoms with van der Waals surface area (Å²) in [6, 6.07) is 20.0. The number of carbonyl (C=O) groups excluding carboxylic acids is 1. The molecule has 0 saturated carbocycles. The van der Waals surface area contributed by atoms with E-state index in [0.717, 1.165) is 5.56 Å². The van der Waals surface area contributed by atoms with Gasteiger partial charge in [0.1, 0.15) is 11.9 Å². The Labute approximate surface area is 194 Å². The van der Waals surface area contributed by atoms with Crippen molar-refractivity contribution < 1.29 is 9.72 Å². The van der Waals surface area contributed by atoms with Crippen molar-refractivity contribution in [2.45, 2.75) is 13.0 Å². The number of nitro benzene ring substituents is 1. The standard InChI is InChI=1S/C24H19N7O3/c1-15-20(23(32)27-19-13-7-8-14-25-19)21(17-11-5-6-12-18(17)31(33)34)30-24(26-15)28-22(29-30)16-9-3-2-4-10-16/h2-14,21H,1H3,(H,25,27,32)(H,26,28,29). The third-order valence-electron chi connectivity index (χ3n) is 5.46. The van der Waals surface area contributed by atoms with Crippen LogP contribution >= 0.6 is 0 Å². The summed E-state index contributed by atoms with van der Waals surface area (Å²) in [6.07, 6.45) is 1.57. The van der Waals surface area contributed by atoms with Gasteiger partial charge in [0.05, 0.1) is 16.1 Å². The predicted molar refractivity (Wildman–Crippen MR) is 126 cm³/mol. The Morgan fingerprint density at radius 3 is 2.53 bits per heavy atom. The molecule has 34 heavy (non-hydrogen) atoms. The van der Waals surface area contributed by atoms with Gasteiger partial charge in [-0.3, -0.25) is 14.9 Å². The lowest BCUT2D eigenvalue weighted by molar-refractivity contribution is -0.385. The lowest BCUT2D eigenvalue weighted by Crippen LogP contribution is -2.32. The van der Waals surface area contributed by atoms with E-state index >= 15 is 0 Å². The van der Waals surface area contributed by atoms with Crippen molar-refractivity contribution >= 4 is 23.4 Å². The molecular formula is C24H19N7O3. The van der Waals surface area contributed by atoms with Crippen molar-refractivity contribution in [1.29, 1.82) is 0 Å². The van der Waals surface area contributed by atoms with E-state index in [4.69, 9.17) is 0 Å². The Kier molecular flexibility index (Phi) is 5.30. The van der Waals surface area contributed by atoms with Crippen LogP contribution in [0.25, 0.3) is 11.4 Å². The van der Waals surface area contributed by atoms with Gasteiger partial charge in [-0.15, -0.1) is 5.10 Å². The van der Waals surface area contributed by atoms with Gasteiger partial charge in [-0.2, -0.15) is 4.98 Å². The van der Waals surface area contributed by atoms with E-state index < -0.39 is 16.9 Å². The number of allylic oxidation sites excluding steroid dienone is 1. The zero-order valence-corrected chi connectivity index (χ0v) is 18.0. The van der Waals surface area contributed by atoms with Crippen LogP contribution in [0.3, 0.4) is 0 Å². The normalized spacial score (nSPS) is 14.8. The number of pyridine rings is 1. The van der Waals surface area contributed by atoms with E-state index in [2.05, 4.69) is 25.7 Å². The molecule has 5 rings (SSSR count). The molecule has 3 heterocycles. The fourth-order valence-corrected chi connectivity index (χ4v) is 3.95. The summed E-state index contributed by atoms with van der Waals surface area (Å²) in [7, 11) is 0. The van der Waals surface area contributed by atoms with Crippen molar-refractivity contribution in [3.8, 4) is 11.4 Å². The van der Waals surface area contributed by atoms with E-state index in [1.807, 2.05) is 30.3 Å². The number of nitro groups is 1. The molecule has 0 aliphatic carbocycles. The lowest BCUT2D eigenvalue weighted by atomic mass is 9.94. The van der Waals surface area contributed by atoms with Crippen LogP contribution in [0.2, 0.25) is 0 Å². The van der Waals surface area contributed by atoms with Crippen LogP contribution in [0.4, 0.5) is 17.5 Å². The van der Waals surface area contributed by atoms with Gasteiger partial charge in [-0.1, -0.05) is 48.5 Å². The van der Waals surface area contributed by atoms with Crippen LogP contribution in [-0.2, 0) is 4.79 Å². The largest absolute Gasteiger partial charge is 0.328 e. The molecule has 0 spiro atoms. The second kappa shape index (κ2) is 8.58. The molecule has 1 aliphatic rings. The van der Waals surface area contributed by atoms with Crippen LogP contribution in [0, 0.1) is 10.1 Å². The molecule has 0 saturated heterocycles. The summed E-state index contributed by atoms with van der Waals surface area (Å²) in [4.78, 5) is 33.6. The first kappa shape index (κ1) is 21.0. The molecule has 0 radical (unpaired) electrons. The molecule has 1 atom stereocenters. The smallest absolute Gasteiger partial charge is 0.275 e. The Morgan fingerprint density at radius 2 is 1.79 bits per heavy atom. The fraction of sp³-hybridized carbons (Fsp3) is 0.0833. The molecule has 2 N–H and O–H groups in total. The number of fused-ring (bicyclic) bond motifs is 1. The second-order valence-electron chi connectivity index (χ2n) is 7.62. The van der Waals surface area contributed by atoms with Crippen molar-refractivity contribution in [3.63, 3.8) is 0 Å². The van der Waals surface area contributed by atoms with E-state index in [1.165, 1.54) is 10.7 Å². The minimum absolute atomic E-state index is 0.118. The van der Waals surface area contributed by atoms with E-state index in [9.17, 15) is 14.9 Å². The zero-order valence-electron chi connectivity index (χ0n) is 18.0. The summed E-state index contributed by atoms with van der Waals surface area (Å²) in [6.45, 7) is 1.73. The van der Waals surface area contributed by atoms with Crippen LogP contribution in [-0.4, -0.2) is 30.6 Å². The topological polar surface area (TPSA) is 128 Å². The number of amides is 1. The van der Waals surface area contributed by atoms with E-state index in [0.29, 0.717) is 28.9 Å². The minimum Gasteiger partial charge on any atom is -0.328 e. The maximum Gasteiger partial charge on any atom is 0.275 e. The van der Waals surface area contributed by atoms with Gasteiger partial charge < -0.3 is 10.6 Å². The van der Waals surface area contributed by atoms with Gasteiger partial charge in [0.25, 0.3) is 11.6 Å². The van der Waals surface area contributed by atoms with Gasteiger partial charge in [0.15, 0.2) is 5.82 Å². The summed E-state index contributed by atoms with van der Waals surface area (Å²) in [5.74, 6) is 0.734. The summed E-state index contributed by atoms with van der Waals surface area (Å²) >= 11 is 0. The van der Waals surface area contributed by atoms with Crippen LogP contribution in [0.1, 0.15) is 18.5 Å². The lowest BCUT2D eigenvalue weighted by Gasteiger charge is -2.28. The first-order valence-corrected chi connectivity index (χ1v) is 10.5. The molecule has 2 aromatic carbocycles. The molecule has 4 aromatic rings. The number of aromatic nitrogens is 4. The SMILES string of the molecule is CC1=C(C(=O)Nc2ccccn2)C(c2ccccc2[N+](=O)[O-])n2nc(-c3ccccc3)nc2N1. The number of para-hydroxylation sites is 1. The second-order valence-corrected chi connectivity index (χ2v) is 7.62. The van der Waals surface area contributed by atoms with Crippen LogP contribution in [0.15, 0.2) is 90.3 Å². The monoisotopic (exact) mass is 453 g/mol. The Hall–Kier alpha value is -4.86.